The molecule has 2 heterocycles. The van der Waals surface area contributed by atoms with E-state index in [-0.39, 0.29) is 5.91 Å². The minimum atomic E-state index is -0.528. The molecule has 2 aliphatic rings. The highest BCUT2D eigenvalue weighted by molar-refractivity contribution is 7.99. The number of aliphatic hydroxyl groups excluding tert-OH is 1. The van der Waals surface area contributed by atoms with E-state index in [1.807, 2.05) is 11.8 Å². The Morgan fingerprint density at radius 2 is 2.00 bits per heavy atom. The van der Waals surface area contributed by atoms with Crippen LogP contribution in [0.1, 0.15) is 24.0 Å². The molecule has 0 radical (unpaired) electrons. The van der Waals surface area contributed by atoms with Crippen molar-refractivity contribution >= 4 is 17.7 Å². The highest BCUT2D eigenvalue weighted by atomic mass is 32.2. The fraction of sp³-hybridized carbons (Fsp3) is 0.526. The second-order valence-corrected chi connectivity index (χ2v) is 7.79. The molecular formula is C19H26N2O2S. The molecule has 1 aromatic rings. The smallest absolute Gasteiger partial charge is 0.244 e. The number of aliphatic hydroxyl groups is 1. The molecule has 0 aliphatic carbocycles. The van der Waals surface area contributed by atoms with Gasteiger partial charge in [-0.05, 0) is 41.9 Å². The maximum Gasteiger partial charge on any atom is 0.244 e. The Morgan fingerprint density at radius 3 is 2.79 bits per heavy atom. The molecule has 0 bridgehead atoms. The van der Waals surface area contributed by atoms with Crippen molar-refractivity contribution in [3.8, 4) is 0 Å². The average molecular weight is 346 g/mol. The minimum Gasteiger partial charge on any atom is -0.390 e. The van der Waals surface area contributed by atoms with Crippen LogP contribution < -0.4 is 5.32 Å². The molecule has 24 heavy (non-hydrogen) atoms. The highest BCUT2D eigenvalue weighted by Gasteiger charge is 2.18. The fourth-order valence-corrected chi connectivity index (χ4v) is 4.32. The largest absolute Gasteiger partial charge is 0.390 e. The minimum absolute atomic E-state index is 0.0695. The first-order valence-corrected chi connectivity index (χ1v) is 9.88. The summed E-state index contributed by atoms with van der Waals surface area (Å²) in [6.07, 6.45) is 4.24. The van der Waals surface area contributed by atoms with E-state index in [9.17, 15) is 9.90 Å². The number of allylic oxidation sites excluding steroid dienone is 1. The van der Waals surface area contributed by atoms with Crippen LogP contribution >= 0.6 is 11.8 Å². The van der Waals surface area contributed by atoms with Gasteiger partial charge in [-0.2, -0.15) is 11.8 Å². The Labute approximate surface area is 148 Å². The van der Waals surface area contributed by atoms with Crippen LogP contribution in [-0.4, -0.2) is 53.2 Å². The predicted molar refractivity (Wildman–Crippen MR) is 99.1 cm³/mol. The van der Waals surface area contributed by atoms with Gasteiger partial charge in [-0.15, -0.1) is 0 Å². The van der Waals surface area contributed by atoms with Crippen molar-refractivity contribution < 1.29 is 9.90 Å². The molecule has 5 heteroatoms. The third kappa shape index (κ3) is 5.10. The first kappa shape index (κ1) is 17.5. The lowest BCUT2D eigenvalue weighted by atomic mass is 10.00. The zero-order valence-electron chi connectivity index (χ0n) is 14.0. The van der Waals surface area contributed by atoms with Gasteiger partial charge in [0, 0.05) is 32.3 Å². The van der Waals surface area contributed by atoms with Crippen molar-refractivity contribution in [2.45, 2.75) is 31.9 Å². The van der Waals surface area contributed by atoms with Crippen LogP contribution in [0.25, 0.3) is 0 Å². The van der Waals surface area contributed by atoms with Crippen LogP contribution in [0.5, 0.6) is 0 Å². The Hall–Kier alpha value is -1.30. The summed E-state index contributed by atoms with van der Waals surface area (Å²) in [6.45, 7) is 2.75. The second-order valence-electron chi connectivity index (χ2n) is 6.57. The van der Waals surface area contributed by atoms with Gasteiger partial charge < -0.3 is 10.4 Å². The Bertz CT molecular complexity index is 595. The number of carbonyl (C=O) groups excluding carboxylic acids is 1. The number of β-amino-alcohol motifs (C(OH)–C–C–N with tert-alkyl or cyclic N) is 1. The van der Waals surface area contributed by atoms with Crippen molar-refractivity contribution in [3.05, 3.63) is 47.0 Å². The molecule has 1 fully saturated rings. The van der Waals surface area contributed by atoms with Crippen molar-refractivity contribution in [1.82, 2.24) is 10.2 Å². The molecule has 0 aromatic heterocycles. The molecule has 1 amide bonds. The molecule has 4 nitrogen and oxygen atoms in total. The van der Waals surface area contributed by atoms with E-state index in [4.69, 9.17) is 0 Å². The number of nitrogens with one attached hydrogen (secondary N) is 1. The van der Waals surface area contributed by atoms with E-state index in [0.717, 1.165) is 43.9 Å². The topological polar surface area (TPSA) is 52.6 Å². The molecule has 130 valence electrons. The third-order valence-corrected chi connectivity index (χ3v) is 5.65. The quantitative estimate of drug-likeness (QED) is 0.801. The van der Waals surface area contributed by atoms with E-state index >= 15 is 0 Å². The summed E-state index contributed by atoms with van der Waals surface area (Å²) in [4.78, 5) is 14.2. The number of rotatable bonds is 5. The summed E-state index contributed by atoms with van der Waals surface area (Å²) in [5.41, 5.74) is 3.99. The number of thioether (sulfide) groups is 1. The van der Waals surface area contributed by atoms with Crippen LogP contribution in [0.4, 0.5) is 0 Å². The number of nitrogens with zero attached hydrogens (tertiary/aromatic N) is 1. The maximum atomic E-state index is 12.0. The zero-order chi connectivity index (χ0) is 16.8. The average Bonchev–Trinajstić information content (AvgIpc) is 2.61. The van der Waals surface area contributed by atoms with Gasteiger partial charge in [0.2, 0.25) is 5.91 Å². The standard InChI is InChI=1S/C19H26N2O2S/c22-18(12-20-19(23)11-15-6-9-24-10-7-15)14-21-8-5-16-3-1-2-4-17(16)13-21/h1-4,11,18,22H,5-10,12-14H2,(H,20,23). The monoisotopic (exact) mass is 346 g/mol. The summed E-state index contributed by atoms with van der Waals surface area (Å²) in [7, 11) is 0. The summed E-state index contributed by atoms with van der Waals surface area (Å²) in [5.74, 6) is 2.15. The van der Waals surface area contributed by atoms with Crippen LogP contribution in [0, 0.1) is 0 Å². The predicted octanol–water partition coefficient (Wildman–Crippen LogP) is 1.98. The van der Waals surface area contributed by atoms with Gasteiger partial charge in [0.05, 0.1) is 6.10 Å². The molecule has 0 saturated carbocycles. The van der Waals surface area contributed by atoms with Crippen LogP contribution in [-0.2, 0) is 17.8 Å². The lowest BCUT2D eigenvalue weighted by Crippen LogP contribution is -2.41. The summed E-state index contributed by atoms with van der Waals surface area (Å²) in [6, 6.07) is 8.49. The molecule has 1 saturated heterocycles. The first-order valence-electron chi connectivity index (χ1n) is 8.73. The lowest BCUT2D eigenvalue weighted by Gasteiger charge is -2.30. The van der Waals surface area contributed by atoms with E-state index in [1.54, 1.807) is 6.08 Å². The number of benzene rings is 1. The number of hydrogen-bond donors (Lipinski definition) is 2. The van der Waals surface area contributed by atoms with Crippen molar-refractivity contribution in [1.29, 1.82) is 0 Å². The van der Waals surface area contributed by atoms with Crippen LogP contribution in [0.3, 0.4) is 0 Å². The normalized spacial score (nSPS) is 19.5. The van der Waals surface area contributed by atoms with Gasteiger partial charge in [-0.25, -0.2) is 0 Å². The Kier molecular flexibility index (Phi) is 6.35. The summed E-state index contributed by atoms with van der Waals surface area (Å²) in [5, 5.41) is 13.1. The van der Waals surface area contributed by atoms with Gasteiger partial charge in [-0.1, -0.05) is 29.8 Å². The molecule has 1 aromatic carbocycles. The van der Waals surface area contributed by atoms with Gasteiger partial charge in [0.1, 0.15) is 0 Å². The lowest BCUT2D eigenvalue weighted by molar-refractivity contribution is -0.117. The number of carbonyl (C=O) groups is 1. The SMILES string of the molecule is O=C(C=C1CCSCC1)NCC(O)CN1CCc2ccccc2C1. The van der Waals surface area contributed by atoms with Crippen LogP contribution in [0.15, 0.2) is 35.9 Å². The molecular weight excluding hydrogens is 320 g/mol. The first-order chi connectivity index (χ1) is 11.7. The van der Waals surface area contributed by atoms with Crippen LogP contribution in [0.2, 0.25) is 0 Å². The van der Waals surface area contributed by atoms with Gasteiger partial charge in [0.25, 0.3) is 0 Å². The Morgan fingerprint density at radius 1 is 1.25 bits per heavy atom. The molecule has 0 spiro atoms. The van der Waals surface area contributed by atoms with Gasteiger partial charge in [-0.3, -0.25) is 9.69 Å². The fourth-order valence-electron chi connectivity index (χ4n) is 3.31. The van der Waals surface area contributed by atoms with E-state index in [1.165, 1.54) is 16.7 Å². The van der Waals surface area contributed by atoms with Gasteiger partial charge >= 0.3 is 0 Å². The Balaban J connectivity index is 1.41. The molecule has 1 atom stereocenters. The van der Waals surface area contributed by atoms with Crippen molar-refractivity contribution in [2.24, 2.45) is 0 Å². The summed E-state index contributed by atoms with van der Waals surface area (Å²) >= 11 is 1.94. The van der Waals surface area contributed by atoms with Crippen molar-refractivity contribution in [2.75, 3.05) is 31.1 Å². The van der Waals surface area contributed by atoms with E-state index in [0.29, 0.717) is 13.1 Å². The maximum absolute atomic E-state index is 12.0. The molecule has 1 unspecified atom stereocenters. The third-order valence-electron chi connectivity index (χ3n) is 4.66. The number of hydrogen-bond acceptors (Lipinski definition) is 4. The number of fused-ring (bicyclic) bond motifs is 1. The van der Waals surface area contributed by atoms with Crippen molar-refractivity contribution in [3.63, 3.8) is 0 Å². The molecule has 2 aliphatic heterocycles. The number of amides is 1. The van der Waals surface area contributed by atoms with E-state index in [2.05, 4.69) is 34.5 Å². The highest BCUT2D eigenvalue weighted by Crippen LogP contribution is 2.21. The molecule has 3 rings (SSSR count). The summed E-state index contributed by atoms with van der Waals surface area (Å²) < 4.78 is 0. The van der Waals surface area contributed by atoms with Gasteiger partial charge in [0.15, 0.2) is 0 Å². The zero-order valence-corrected chi connectivity index (χ0v) is 14.9. The van der Waals surface area contributed by atoms with E-state index < -0.39 is 6.10 Å². The molecule has 2 N–H and O–H groups in total. The second kappa shape index (κ2) is 8.70.